The first-order chi connectivity index (χ1) is 12.1. The fourth-order valence-electron chi connectivity index (χ4n) is 4.00. The Kier molecular flexibility index (Phi) is 6.12. The lowest BCUT2D eigenvalue weighted by Gasteiger charge is -2.38. The SMILES string of the molecule is COC(=O)c1sccc1N(C(=O)[C@H]1CC[C@H](C)CC1)C1CCNCC1. The molecule has 0 unspecified atom stereocenters. The van der Waals surface area contributed by atoms with E-state index in [2.05, 4.69) is 12.2 Å². The fraction of sp³-hybridized carbons (Fsp3) is 0.684. The Hall–Kier alpha value is -1.40. The quantitative estimate of drug-likeness (QED) is 0.832. The average molecular weight is 365 g/mol. The van der Waals surface area contributed by atoms with Crippen LogP contribution in [0, 0.1) is 11.8 Å². The summed E-state index contributed by atoms with van der Waals surface area (Å²) in [6.07, 6.45) is 5.99. The lowest BCUT2D eigenvalue weighted by atomic mass is 9.82. The van der Waals surface area contributed by atoms with Crippen LogP contribution >= 0.6 is 11.3 Å². The lowest BCUT2D eigenvalue weighted by Crippen LogP contribution is -2.49. The van der Waals surface area contributed by atoms with Crippen LogP contribution in [0.4, 0.5) is 5.69 Å². The number of hydrogen-bond donors (Lipinski definition) is 1. The molecule has 0 atom stereocenters. The molecular formula is C19H28N2O3S. The van der Waals surface area contributed by atoms with Crippen LogP contribution in [0.1, 0.15) is 55.1 Å². The standard InChI is InChI=1S/C19H28N2O3S/c1-13-3-5-14(6-4-13)18(22)21(15-7-10-20-11-8-15)16-9-12-25-17(16)19(23)24-2/h9,12-15,20H,3-8,10-11H2,1-2H3/t13-,14-. The molecule has 2 aliphatic rings. The van der Waals surface area contributed by atoms with E-state index in [1.54, 1.807) is 0 Å². The van der Waals surface area contributed by atoms with Crippen LogP contribution < -0.4 is 10.2 Å². The van der Waals surface area contributed by atoms with Gasteiger partial charge in [-0.05, 0) is 69.0 Å². The maximum absolute atomic E-state index is 13.4. The Balaban J connectivity index is 1.89. The van der Waals surface area contributed by atoms with Gasteiger partial charge in [0.25, 0.3) is 0 Å². The van der Waals surface area contributed by atoms with E-state index in [1.165, 1.54) is 18.4 Å². The second kappa shape index (κ2) is 8.32. The third kappa shape index (κ3) is 4.06. The third-order valence-electron chi connectivity index (χ3n) is 5.55. The van der Waals surface area contributed by atoms with Gasteiger partial charge in [-0.1, -0.05) is 6.92 Å². The zero-order valence-corrected chi connectivity index (χ0v) is 15.9. The predicted molar refractivity (Wildman–Crippen MR) is 100 cm³/mol. The van der Waals surface area contributed by atoms with Crippen molar-refractivity contribution in [2.24, 2.45) is 11.8 Å². The first-order valence-electron chi connectivity index (χ1n) is 9.31. The van der Waals surface area contributed by atoms with E-state index in [0.29, 0.717) is 10.8 Å². The summed E-state index contributed by atoms with van der Waals surface area (Å²) >= 11 is 1.35. The minimum atomic E-state index is -0.353. The van der Waals surface area contributed by atoms with Crippen molar-refractivity contribution in [1.82, 2.24) is 5.32 Å². The summed E-state index contributed by atoms with van der Waals surface area (Å²) in [5, 5.41) is 5.24. The highest BCUT2D eigenvalue weighted by Crippen LogP contribution is 2.36. The number of anilines is 1. The molecule has 6 heteroatoms. The summed E-state index contributed by atoms with van der Waals surface area (Å²) in [5.41, 5.74) is 0.743. The lowest BCUT2D eigenvalue weighted by molar-refractivity contribution is -0.124. The van der Waals surface area contributed by atoms with Gasteiger partial charge in [0.2, 0.25) is 5.91 Å². The monoisotopic (exact) mass is 364 g/mol. The molecular weight excluding hydrogens is 336 g/mol. The van der Waals surface area contributed by atoms with Gasteiger partial charge in [0.15, 0.2) is 0 Å². The molecule has 3 rings (SSSR count). The molecule has 5 nitrogen and oxygen atoms in total. The van der Waals surface area contributed by atoms with Gasteiger partial charge in [-0.3, -0.25) is 4.79 Å². The van der Waals surface area contributed by atoms with E-state index in [0.717, 1.165) is 57.3 Å². The van der Waals surface area contributed by atoms with Crippen LogP contribution in [0.3, 0.4) is 0 Å². The maximum Gasteiger partial charge on any atom is 0.350 e. The zero-order valence-electron chi connectivity index (χ0n) is 15.1. The molecule has 25 heavy (non-hydrogen) atoms. The van der Waals surface area contributed by atoms with Crippen molar-refractivity contribution in [2.45, 2.75) is 51.5 Å². The highest BCUT2D eigenvalue weighted by Gasteiger charge is 2.35. The van der Waals surface area contributed by atoms with Gasteiger partial charge in [-0.15, -0.1) is 11.3 Å². The summed E-state index contributed by atoms with van der Waals surface area (Å²) in [6, 6.07) is 2.06. The van der Waals surface area contributed by atoms with Crippen molar-refractivity contribution < 1.29 is 14.3 Å². The van der Waals surface area contributed by atoms with Crippen LogP contribution in [0.25, 0.3) is 0 Å². The molecule has 0 spiro atoms. The molecule has 0 aromatic carbocycles. The molecule has 1 aromatic heterocycles. The van der Waals surface area contributed by atoms with Gasteiger partial charge in [0.1, 0.15) is 4.88 Å². The van der Waals surface area contributed by atoms with Crippen LogP contribution in [-0.4, -0.2) is 38.1 Å². The van der Waals surface area contributed by atoms with E-state index >= 15 is 0 Å². The van der Waals surface area contributed by atoms with Crippen molar-refractivity contribution in [3.05, 3.63) is 16.3 Å². The number of nitrogens with zero attached hydrogens (tertiary/aromatic N) is 1. The summed E-state index contributed by atoms with van der Waals surface area (Å²) in [4.78, 5) is 28.1. The largest absolute Gasteiger partial charge is 0.465 e. The van der Waals surface area contributed by atoms with Crippen molar-refractivity contribution in [3.63, 3.8) is 0 Å². The number of amides is 1. The van der Waals surface area contributed by atoms with E-state index in [-0.39, 0.29) is 23.8 Å². The molecule has 138 valence electrons. The van der Waals surface area contributed by atoms with Gasteiger partial charge in [0.05, 0.1) is 12.8 Å². The number of thiophene rings is 1. The molecule has 2 fully saturated rings. The predicted octanol–water partition coefficient (Wildman–Crippen LogP) is 3.45. The molecule has 1 amide bonds. The first-order valence-corrected chi connectivity index (χ1v) is 10.2. The van der Waals surface area contributed by atoms with Gasteiger partial charge in [0, 0.05) is 12.0 Å². The van der Waals surface area contributed by atoms with Crippen molar-refractivity contribution in [3.8, 4) is 0 Å². The summed E-state index contributed by atoms with van der Waals surface area (Å²) in [5.74, 6) is 0.635. The molecule has 1 saturated heterocycles. The highest BCUT2D eigenvalue weighted by atomic mass is 32.1. The molecule has 1 saturated carbocycles. The number of esters is 1. The number of piperidine rings is 1. The van der Waals surface area contributed by atoms with Crippen LogP contribution in [0.2, 0.25) is 0 Å². The number of ether oxygens (including phenoxy) is 1. The number of hydrogen-bond acceptors (Lipinski definition) is 5. The maximum atomic E-state index is 13.4. The van der Waals surface area contributed by atoms with Gasteiger partial charge >= 0.3 is 5.97 Å². The van der Waals surface area contributed by atoms with E-state index in [1.807, 2.05) is 16.3 Å². The Morgan fingerprint density at radius 1 is 1.16 bits per heavy atom. The van der Waals surface area contributed by atoms with E-state index < -0.39 is 0 Å². The van der Waals surface area contributed by atoms with E-state index in [4.69, 9.17) is 4.74 Å². The summed E-state index contributed by atoms with van der Waals surface area (Å²) in [6.45, 7) is 4.08. The topological polar surface area (TPSA) is 58.6 Å². The van der Waals surface area contributed by atoms with Crippen LogP contribution in [0.5, 0.6) is 0 Å². The molecule has 1 aromatic rings. The van der Waals surface area contributed by atoms with E-state index in [9.17, 15) is 9.59 Å². The average Bonchev–Trinajstić information content (AvgIpc) is 3.12. The minimum Gasteiger partial charge on any atom is -0.465 e. The Bertz CT molecular complexity index is 602. The Morgan fingerprint density at radius 3 is 2.48 bits per heavy atom. The number of rotatable bonds is 4. The Morgan fingerprint density at radius 2 is 1.84 bits per heavy atom. The summed E-state index contributed by atoms with van der Waals surface area (Å²) < 4.78 is 4.93. The van der Waals surface area contributed by atoms with Crippen LogP contribution in [0.15, 0.2) is 11.4 Å². The smallest absolute Gasteiger partial charge is 0.350 e. The molecule has 1 aliphatic heterocycles. The van der Waals surface area contributed by atoms with Gasteiger partial charge in [-0.25, -0.2) is 4.79 Å². The Labute approximate surface area is 153 Å². The van der Waals surface area contributed by atoms with Crippen molar-refractivity contribution in [1.29, 1.82) is 0 Å². The molecule has 1 aliphatic carbocycles. The first kappa shape index (κ1) is 18.4. The normalized spacial score (nSPS) is 24.7. The van der Waals surface area contributed by atoms with Crippen molar-refractivity contribution >= 4 is 28.9 Å². The second-order valence-electron chi connectivity index (χ2n) is 7.27. The summed E-state index contributed by atoms with van der Waals surface area (Å²) in [7, 11) is 1.39. The third-order valence-corrected chi connectivity index (χ3v) is 6.43. The number of carbonyl (C=O) groups excluding carboxylic acids is 2. The molecule has 0 bridgehead atoms. The van der Waals surface area contributed by atoms with Gasteiger partial charge < -0.3 is 15.0 Å². The fourth-order valence-corrected chi connectivity index (χ4v) is 4.80. The molecule has 1 N–H and O–H groups in total. The zero-order chi connectivity index (χ0) is 17.8. The van der Waals surface area contributed by atoms with Crippen LogP contribution in [-0.2, 0) is 9.53 Å². The molecule has 2 heterocycles. The van der Waals surface area contributed by atoms with Gasteiger partial charge in [-0.2, -0.15) is 0 Å². The number of carbonyl (C=O) groups is 2. The van der Waals surface area contributed by atoms with Crippen molar-refractivity contribution in [2.75, 3.05) is 25.1 Å². The second-order valence-corrected chi connectivity index (χ2v) is 8.19. The number of methoxy groups -OCH3 is 1. The molecule has 0 radical (unpaired) electrons. The highest BCUT2D eigenvalue weighted by molar-refractivity contribution is 7.12. The number of nitrogens with one attached hydrogen (secondary N) is 1. The minimum absolute atomic E-state index is 0.0801.